The number of hydrogen-bond acceptors (Lipinski definition) is 4. The van der Waals surface area contributed by atoms with Gasteiger partial charge in [-0.2, -0.15) is 0 Å². The van der Waals surface area contributed by atoms with Crippen LogP contribution < -0.4 is 10.9 Å². The van der Waals surface area contributed by atoms with Gasteiger partial charge in [0.1, 0.15) is 11.5 Å². The van der Waals surface area contributed by atoms with Crippen LogP contribution in [-0.2, 0) is 0 Å². The van der Waals surface area contributed by atoms with Crippen molar-refractivity contribution in [3.05, 3.63) is 78.0 Å². The van der Waals surface area contributed by atoms with Gasteiger partial charge < -0.3 is 5.32 Å². The van der Waals surface area contributed by atoms with Crippen molar-refractivity contribution in [3.63, 3.8) is 0 Å². The minimum Gasteiger partial charge on any atom is -0.340 e. The second kappa shape index (κ2) is 6.79. The first kappa shape index (κ1) is 17.3. The van der Waals surface area contributed by atoms with E-state index in [1.807, 2.05) is 0 Å². The smallest absolute Gasteiger partial charge is 0.273 e. The van der Waals surface area contributed by atoms with Crippen molar-refractivity contribution in [2.75, 3.05) is 5.32 Å². The van der Waals surface area contributed by atoms with E-state index in [1.54, 1.807) is 6.07 Å². The SMILES string of the molecule is O=c1cc(Nc2cccc([N+](=O)[O-])c2)[nH]n1-c1c(Cl)cc(Cl)cc1Cl. The average Bonchev–Trinajstić information content (AvgIpc) is 2.87. The maximum absolute atomic E-state index is 12.2. The minimum absolute atomic E-state index is 0.0735. The van der Waals surface area contributed by atoms with Gasteiger partial charge in [-0.1, -0.05) is 40.9 Å². The van der Waals surface area contributed by atoms with Crippen molar-refractivity contribution in [3.8, 4) is 5.69 Å². The van der Waals surface area contributed by atoms with Crippen LogP contribution in [0.15, 0.2) is 47.3 Å². The summed E-state index contributed by atoms with van der Waals surface area (Å²) in [4.78, 5) is 22.5. The van der Waals surface area contributed by atoms with Crippen LogP contribution in [0.2, 0.25) is 15.1 Å². The lowest BCUT2D eigenvalue weighted by molar-refractivity contribution is -0.384. The largest absolute Gasteiger partial charge is 0.340 e. The molecule has 7 nitrogen and oxygen atoms in total. The maximum atomic E-state index is 12.2. The Morgan fingerprint density at radius 3 is 2.40 bits per heavy atom. The molecule has 0 aliphatic rings. The maximum Gasteiger partial charge on any atom is 0.273 e. The van der Waals surface area contributed by atoms with Crippen LogP contribution in [0.4, 0.5) is 17.2 Å². The van der Waals surface area contributed by atoms with E-state index in [9.17, 15) is 14.9 Å². The van der Waals surface area contributed by atoms with Gasteiger partial charge in [-0.15, -0.1) is 0 Å². The fraction of sp³-hybridized carbons (Fsp3) is 0. The standard InChI is InChI=1S/C15H9Cl3N4O3/c16-8-4-11(17)15(12(18)5-8)21-14(23)7-13(20-21)19-9-2-1-3-10(6-9)22(24)25/h1-7,19-20H. The Balaban J connectivity index is 1.98. The van der Waals surface area contributed by atoms with E-state index in [1.165, 1.54) is 36.4 Å². The zero-order valence-electron chi connectivity index (χ0n) is 12.3. The number of halogens is 3. The highest BCUT2D eigenvalue weighted by atomic mass is 35.5. The molecule has 0 atom stereocenters. The molecule has 0 aliphatic heterocycles. The van der Waals surface area contributed by atoms with E-state index in [-0.39, 0.29) is 21.4 Å². The summed E-state index contributed by atoms with van der Waals surface area (Å²) in [6, 6.07) is 10.1. The van der Waals surface area contributed by atoms with Gasteiger partial charge in [0.2, 0.25) is 0 Å². The Morgan fingerprint density at radius 1 is 1.08 bits per heavy atom. The van der Waals surface area contributed by atoms with Crippen molar-refractivity contribution in [2.45, 2.75) is 0 Å². The van der Waals surface area contributed by atoms with E-state index >= 15 is 0 Å². The number of H-pyrrole nitrogens is 1. The molecule has 0 amide bonds. The summed E-state index contributed by atoms with van der Waals surface area (Å²) >= 11 is 18.1. The first-order valence-electron chi connectivity index (χ1n) is 6.83. The van der Waals surface area contributed by atoms with Crippen molar-refractivity contribution < 1.29 is 4.92 Å². The first-order chi connectivity index (χ1) is 11.8. The van der Waals surface area contributed by atoms with Gasteiger partial charge in [-0.05, 0) is 18.2 Å². The van der Waals surface area contributed by atoms with Gasteiger partial charge in [-0.3, -0.25) is 20.0 Å². The van der Waals surface area contributed by atoms with Crippen molar-refractivity contribution in [1.29, 1.82) is 0 Å². The number of rotatable bonds is 4. The second-order valence-electron chi connectivity index (χ2n) is 4.99. The molecule has 25 heavy (non-hydrogen) atoms. The number of nitrogens with zero attached hydrogens (tertiary/aromatic N) is 2. The van der Waals surface area contributed by atoms with Gasteiger partial charge in [0.15, 0.2) is 0 Å². The number of hydrogen-bond donors (Lipinski definition) is 2. The van der Waals surface area contributed by atoms with Gasteiger partial charge in [0.25, 0.3) is 11.2 Å². The molecule has 0 saturated heterocycles. The molecular weight excluding hydrogens is 391 g/mol. The van der Waals surface area contributed by atoms with Crippen molar-refractivity contribution in [1.82, 2.24) is 9.78 Å². The van der Waals surface area contributed by atoms with Crippen LogP contribution in [0.25, 0.3) is 5.69 Å². The molecule has 0 aliphatic carbocycles. The van der Waals surface area contributed by atoms with Crippen molar-refractivity contribution in [2.24, 2.45) is 0 Å². The zero-order chi connectivity index (χ0) is 18.1. The Kier molecular flexibility index (Phi) is 4.71. The Morgan fingerprint density at radius 2 is 1.76 bits per heavy atom. The van der Waals surface area contributed by atoms with Crippen LogP contribution >= 0.6 is 34.8 Å². The normalized spacial score (nSPS) is 10.7. The summed E-state index contributed by atoms with van der Waals surface area (Å²) in [5, 5.41) is 17.3. The summed E-state index contributed by atoms with van der Waals surface area (Å²) in [5.74, 6) is 0.313. The molecule has 0 fully saturated rings. The molecule has 0 saturated carbocycles. The highest BCUT2D eigenvalue weighted by Crippen LogP contribution is 2.31. The first-order valence-corrected chi connectivity index (χ1v) is 7.97. The minimum atomic E-state index is -0.508. The fourth-order valence-electron chi connectivity index (χ4n) is 2.23. The lowest BCUT2D eigenvalue weighted by atomic mass is 10.3. The Bertz CT molecular complexity index is 1010. The molecule has 2 N–H and O–H groups in total. The predicted molar refractivity (Wildman–Crippen MR) is 97.8 cm³/mol. The molecule has 3 rings (SSSR count). The highest BCUT2D eigenvalue weighted by molar-refractivity contribution is 6.40. The van der Waals surface area contributed by atoms with Gasteiger partial charge in [0.05, 0.1) is 15.0 Å². The van der Waals surface area contributed by atoms with Crippen LogP contribution in [0.3, 0.4) is 0 Å². The fourth-order valence-corrected chi connectivity index (χ4v) is 3.21. The number of non-ortho nitro benzene ring substituents is 1. The number of benzene rings is 2. The van der Waals surface area contributed by atoms with Crippen LogP contribution in [0, 0.1) is 10.1 Å². The van der Waals surface area contributed by atoms with Crippen molar-refractivity contribution >= 4 is 52.0 Å². The summed E-state index contributed by atoms with van der Waals surface area (Å²) in [6.07, 6.45) is 0. The predicted octanol–water partition coefficient (Wildman–Crippen LogP) is 4.78. The van der Waals surface area contributed by atoms with Crippen LogP contribution in [0.5, 0.6) is 0 Å². The summed E-state index contributed by atoms with van der Waals surface area (Å²) in [7, 11) is 0. The topological polar surface area (TPSA) is 93.0 Å². The van der Waals surface area contributed by atoms with E-state index < -0.39 is 10.5 Å². The summed E-state index contributed by atoms with van der Waals surface area (Å²) in [6.45, 7) is 0. The molecule has 0 unspecified atom stereocenters. The van der Waals surface area contributed by atoms with Crippen LogP contribution in [-0.4, -0.2) is 14.7 Å². The molecule has 2 aromatic carbocycles. The number of aromatic nitrogens is 2. The molecular formula is C15H9Cl3N4O3. The lowest BCUT2D eigenvalue weighted by Gasteiger charge is -2.08. The number of anilines is 2. The van der Waals surface area contributed by atoms with E-state index in [2.05, 4.69) is 10.4 Å². The van der Waals surface area contributed by atoms with E-state index in [0.717, 1.165) is 4.68 Å². The van der Waals surface area contributed by atoms with E-state index in [4.69, 9.17) is 34.8 Å². The quantitative estimate of drug-likeness (QED) is 0.488. The lowest BCUT2D eigenvalue weighted by Crippen LogP contribution is -2.14. The zero-order valence-corrected chi connectivity index (χ0v) is 14.6. The third kappa shape index (κ3) is 3.63. The number of aromatic amines is 1. The third-order valence-corrected chi connectivity index (χ3v) is 4.06. The molecule has 1 aromatic heterocycles. The van der Waals surface area contributed by atoms with E-state index in [0.29, 0.717) is 16.5 Å². The second-order valence-corrected chi connectivity index (χ2v) is 6.24. The molecule has 0 bridgehead atoms. The summed E-state index contributed by atoms with van der Waals surface area (Å²) < 4.78 is 1.15. The molecule has 10 heteroatoms. The van der Waals surface area contributed by atoms with Gasteiger partial charge in [0, 0.05) is 28.9 Å². The van der Waals surface area contributed by atoms with Gasteiger partial charge in [-0.25, -0.2) is 4.68 Å². The Hall–Kier alpha value is -2.48. The molecule has 0 spiro atoms. The number of nitrogens with one attached hydrogen (secondary N) is 2. The highest BCUT2D eigenvalue weighted by Gasteiger charge is 2.14. The number of nitro benzene ring substituents is 1. The third-order valence-electron chi connectivity index (χ3n) is 3.26. The summed E-state index contributed by atoms with van der Waals surface area (Å²) in [5.41, 5.74) is 0.204. The molecule has 3 aromatic rings. The molecule has 1 heterocycles. The van der Waals surface area contributed by atoms with Crippen LogP contribution in [0.1, 0.15) is 0 Å². The molecule has 0 radical (unpaired) electrons. The number of nitro groups is 1. The van der Waals surface area contributed by atoms with Gasteiger partial charge >= 0.3 is 0 Å². The average molecular weight is 400 g/mol. The monoisotopic (exact) mass is 398 g/mol. The molecule has 128 valence electrons. The Labute approximate surface area is 155 Å².